The largest absolute Gasteiger partial charge is 0.339 e. The molecule has 164 valence electrons. The van der Waals surface area contributed by atoms with Crippen LogP contribution in [0.5, 0.6) is 0 Å². The summed E-state index contributed by atoms with van der Waals surface area (Å²) >= 11 is 0. The van der Waals surface area contributed by atoms with Crippen molar-refractivity contribution in [1.82, 2.24) is 14.7 Å². The number of anilines is 1. The lowest BCUT2D eigenvalue weighted by molar-refractivity contribution is -0.130. The lowest BCUT2D eigenvalue weighted by atomic mass is 9.95. The fourth-order valence-corrected chi connectivity index (χ4v) is 4.07. The van der Waals surface area contributed by atoms with Gasteiger partial charge in [-0.1, -0.05) is 42.5 Å². The van der Waals surface area contributed by atoms with E-state index in [0.29, 0.717) is 25.9 Å². The highest BCUT2D eigenvalue weighted by Gasteiger charge is 2.27. The second-order valence-electron chi connectivity index (χ2n) is 8.19. The lowest BCUT2D eigenvalue weighted by Crippen LogP contribution is -2.40. The molecule has 6 nitrogen and oxygen atoms in total. The van der Waals surface area contributed by atoms with Gasteiger partial charge in [0, 0.05) is 30.8 Å². The van der Waals surface area contributed by atoms with Gasteiger partial charge in [-0.2, -0.15) is 5.10 Å². The van der Waals surface area contributed by atoms with E-state index >= 15 is 0 Å². The molecule has 1 saturated heterocycles. The number of likely N-dealkylation sites (tertiary alicyclic amines) is 1. The molecule has 32 heavy (non-hydrogen) atoms. The summed E-state index contributed by atoms with van der Waals surface area (Å²) in [6, 6.07) is 19.5. The number of nitrogens with zero attached hydrogens (tertiary/aromatic N) is 3. The zero-order chi connectivity index (χ0) is 22.5. The van der Waals surface area contributed by atoms with Crippen molar-refractivity contribution < 1.29 is 9.59 Å². The average molecular weight is 429 g/mol. The fraction of sp³-hybridized carbons (Fsp3) is 0.269. The van der Waals surface area contributed by atoms with Gasteiger partial charge >= 0.3 is 0 Å². The number of aromatic nitrogens is 2. The zero-order valence-electron chi connectivity index (χ0n) is 18.5. The number of benzene rings is 2. The van der Waals surface area contributed by atoms with E-state index in [2.05, 4.69) is 10.4 Å². The van der Waals surface area contributed by atoms with Gasteiger partial charge in [0.15, 0.2) is 0 Å². The number of carbonyl (C=O) groups is 2. The maximum Gasteiger partial charge on any atom is 0.246 e. The molecule has 6 heteroatoms. The number of para-hydroxylation sites is 2. The molecular weight excluding hydrogens is 400 g/mol. The number of nitrogens with one attached hydrogen (secondary N) is 1. The van der Waals surface area contributed by atoms with E-state index in [9.17, 15) is 9.59 Å². The van der Waals surface area contributed by atoms with Crippen LogP contribution in [0.1, 0.15) is 29.8 Å². The Balaban J connectivity index is 1.36. The predicted octanol–water partition coefficient (Wildman–Crippen LogP) is 4.38. The third-order valence-electron chi connectivity index (χ3n) is 5.80. The minimum Gasteiger partial charge on any atom is -0.339 e. The van der Waals surface area contributed by atoms with E-state index in [1.165, 1.54) is 0 Å². The Labute approximate surface area is 188 Å². The summed E-state index contributed by atoms with van der Waals surface area (Å²) < 4.78 is 1.85. The van der Waals surface area contributed by atoms with Gasteiger partial charge in [0.05, 0.1) is 17.1 Å². The van der Waals surface area contributed by atoms with Crippen LogP contribution in [0.25, 0.3) is 11.8 Å². The van der Waals surface area contributed by atoms with Gasteiger partial charge in [-0.15, -0.1) is 0 Å². The summed E-state index contributed by atoms with van der Waals surface area (Å²) in [5, 5.41) is 7.63. The Morgan fingerprint density at radius 3 is 2.38 bits per heavy atom. The molecule has 1 aliphatic heterocycles. The highest BCUT2D eigenvalue weighted by Crippen LogP contribution is 2.25. The van der Waals surface area contributed by atoms with E-state index in [-0.39, 0.29) is 17.7 Å². The van der Waals surface area contributed by atoms with Gasteiger partial charge in [0.25, 0.3) is 0 Å². The summed E-state index contributed by atoms with van der Waals surface area (Å²) in [4.78, 5) is 27.3. The monoisotopic (exact) mass is 428 g/mol. The molecule has 0 unspecified atom stereocenters. The standard InChI is InChI=1S/C26H28N4O2/c1-19-18-20(2)30(28-19)24-11-7-6-10-23(24)27-26(32)22-14-16-29(17-15-22)25(31)13-12-21-8-4-3-5-9-21/h3-13,18,22H,14-17H2,1-2H3,(H,27,32)/b13-12+. The number of rotatable bonds is 5. The molecule has 0 aliphatic carbocycles. The van der Waals surface area contributed by atoms with Crippen LogP contribution < -0.4 is 5.32 Å². The second kappa shape index (κ2) is 9.64. The second-order valence-corrected chi connectivity index (χ2v) is 8.19. The molecule has 0 bridgehead atoms. The Morgan fingerprint density at radius 2 is 1.69 bits per heavy atom. The molecular formula is C26H28N4O2. The van der Waals surface area contributed by atoms with Crippen LogP contribution in [0.2, 0.25) is 0 Å². The number of piperidine rings is 1. The Morgan fingerprint density at radius 1 is 1.00 bits per heavy atom. The van der Waals surface area contributed by atoms with E-state index < -0.39 is 0 Å². The highest BCUT2D eigenvalue weighted by atomic mass is 16.2. The maximum absolute atomic E-state index is 13.0. The molecule has 4 rings (SSSR count). The van der Waals surface area contributed by atoms with Crippen LogP contribution in [0.4, 0.5) is 5.69 Å². The van der Waals surface area contributed by atoms with Crippen LogP contribution in [0, 0.1) is 19.8 Å². The molecule has 0 radical (unpaired) electrons. The number of carbonyl (C=O) groups excluding carboxylic acids is 2. The van der Waals surface area contributed by atoms with E-state index in [1.54, 1.807) is 6.08 Å². The SMILES string of the molecule is Cc1cc(C)n(-c2ccccc2NC(=O)C2CCN(C(=O)/C=C/c3ccccc3)CC2)n1. The minimum atomic E-state index is -0.120. The Kier molecular flexibility index (Phi) is 6.50. The fourth-order valence-electron chi connectivity index (χ4n) is 4.07. The van der Waals surface area contributed by atoms with E-state index in [0.717, 1.165) is 28.3 Å². The highest BCUT2D eigenvalue weighted by molar-refractivity contribution is 5.95. The lowest BCUT2D eigenvalue weighted by Gasteiger charge is -2.30. The molecule has 2 heterocycles. The summed E-state index contributed by atoms with van der Waals surface area (Å²) in [6.45, 7) is 5.11. The molecule has 1 aliphatic rings. The first-order valence-corrected chi connectivity index (χ1v) is 11.0. The first-order chi connectivity index (χ1) is 15.5. The molecule has 1 fully saturated rings. The van der Waals surface area contributed by atoms with E-state index in [1.807, 2.05) is 90.2 Å². The first kappa shape index (κ1) is 21.6. The van der Waals surface area contributed by atoms with Crippen molar-refractivity contribution in [3.63, 3.8) is 0 Å². The van der Waals surface area contributed by atoms with Crippen LogP contribution in [-0.2, 0) is 9.59 Å². The van der Waals surface area contributed by atoms with Crippen molar-refractivity contribution in [3.8, 4) is 5.69 Å². The molecule has 0 atom stereocenters. The van der Waals surface area contributed by atoms with Crippen molar-refractivity contribution in [2.24, 2.45) is 5.92 Å². The Bertz CT molecular complexity index is 1130. The molecule has 2 aromatic carbocycles. The maximum atomic E-state index is 13.0. The van der Waals surface area contributed by atoms with Gasteiger partial charge in [-0.25, -0.2) is 4.68 Å². The first-order valence-electron chi connectivity index (χ1n) is 11.0. The summed E-state index contributed by atoms with van der Waals surface area (Å²) in [5.41, 5.74) is 4.54. The molecule has 2 amide bonds. The summed E-state index contributed by atoms with van der Waals surface area (Å²) in [6.07, 6.45) is 4.75. The van der Waals surface area contributed by atoms with Crippen LogP contribution in [0.15, 0.2) is 66.7 Å². The van der Waals surface area contributed by atoms with Gasteiger partial charge in [-0.3, -0.25) is 9.59 Å². The molecule has 3 aromatic rings. The summed E-state index contributed by atoms with van der Waals surface area (Å²) in [5.74, 6) is -0.140. The molecule has 0 spiro atoms. The van der Waals surface area contributed by atoms with Gasteiger partial charge < -0.3 is 10.2 Å². The number of amides is 2. The average Bonchev–Trinajstić information content (AvgIpc) is 3.16. The minimum absolute atomic E-state index is 0.00842. The quantitative estimate of drug-likeness (QED) is 0.613. The normalized spacial score (nSPS) is 14.6. The van der Waals surface area contributed by atoms with Crippen molar-refractivity contribution >= 4 is 23.6 Å². The van der Waals surface area contributed by atoms with Crippen molar-refractivity contribution in [2.75, 3.05) is 18.4 Å². The van der Waals surface area contributed by atoms with Gasteiger partial charge in [0.1, 0.15) is 0 Å². The third kappa shape index (κ3) is 4.97. The van der Waals surface area contributed by atoms with Gasteiger partial charge in [-0.05, 0) is 56.5 Å². The van der Waals surface area contributed by atoms with Gasteiger partial charge in [0.2, 0.25) is 11.8 Å². The number of aryl methyl sites for hydroxylation is 2. The molecule has 1 N–H and O–H groups in total. The smallest absolute Gasteiger partial charge is 0.246 e. The van der Waals surface area contributed by atoms with Crippen LogP contribution in [-0.4, -0.2) is 39.6 Å². The van der Waals surface area contributed by atoms with Crippen molar-refractivity contribution in [1.29, 1.82) is 0 Å². The van der Waals surface area contributed by atoms with Crippen LogP contribution >= 0.6 is 0 Å². The molecule has 0 saturated carbocycles. The van der Waals surface area contributed by atoms with Crippen molar-refractivity contribution in [3.05, 3.63) is 83.7 Å². The number of hydrogen-bond donors (Lipinski definition) is 1. The molecule has 1 aromatic heterocycles. The van der Waals surface area contributed by atoms with Crippen LogP contribution in [0.3, 0.4) is 0 Å². The third-order valence-corrected chi connectivity index (χ3v) is 5.80. The Hall–Kier alpha value is -3.67. The van der Waals surface area contributed by atoms with Crippen molar-refractivity contribution in [2.45, 2.75) is 26.7 Å². The summed E-state index contributed by atoms with van der Waals surface area (Å²) in [7, 11) is 0. The predicted molar refractivity (Wildman–Crippen MR) is 126 cm³/mol. The number of hydrogen-bond acceptors (Lipinski definition) is 3. The zero-order valence-corrected chi connectivity index (χ0v) is 18.5. The topological polar surface area (TPSA) is 67.2 Å². The van der Waals surface area contributed by atoms with E-state index in [4.69, 9.17) is 0 Å².